The summed E-state index contributed by atoms with van der Waals surface area (Å²) in [5.74, 6) is 3.09. The molecule has 1 spiro atoms. The Morgan fingerprint density at radius 2 is 2.22 bits per heavy atom. The second-order valence-corrected chi connectivity index (χ2v) is 12.1. The lowest BCUT2D eigenvalue weighted by Gasteiger charge is -2.46. The van der Waals surface area contributed by atoms with Crippen molar-refractivity contribution < 1.29 is 0 Å². The van der Waals surface area contributed by atoms with Crippen LogP contribution in [0.5, 0.6) is 0 Å². The average Bonchev–Trinajstić information content (AvgIpc) is 2.84. The summed E-state index contributed by atoms with van der Waals surface area (Å²) in [7, 11) is -0.0191. The molecule has 0 radical (unpaired) electrons. The molecule has 0 aromatic heterocycles. The summed E-state index contributed by atoms with van der Waals surface area (Å²) >= 11 is 1.92. The second-order valence-electron chi connectivity index (χ2n) is 7.35. The maximum absolute atomic E-state index is 9.35. The predicted octanol–water partition coefficient (Wildman–Crippen LogP) is 5.05. The van der Waals surface area contributed by atoms with Crippen molar-refractivity contribution in [1.29, 1.82) is 5.26 Å². The molecule has 23 heavy (non-hydrogen) atoms. The molecule has 2 nitrogen and oxygen atoms in total. The van der Waals surface area contributed by atoms with Crippen molar-refractivity contribution >= 4 is 25.4 Å². The van der Waals surface area contributed by atoms with Gasteiger partial charge in [-0.05, 0) is 50.2 Å². The molecular formula is C18H26BN2PS. The van der Waals surface area contributed by atoms with E-state index in [0.29, 0.717) is 17.4 Å². The molecule has 0 aromatic rings. The minimum atomic E-state index is -0.0191. The number of nitrogens with zero attached hydrogens (tertiary/aromatic N) is 1. The number of hydrogen-bond donors (Lipinski definition) is 1. The lowest BCUT2D eigenvalue weighted by atomic mass is 9.45. The van der Waals surface area contributed by atoms with Crippen molar-refractivity contribution in [3.05, 3.63) is 36.0 Å². The molecule has 1 aliphatic heterocycles. The molecule has 0 aromatic carbocycles. The Kier molecular flexibility index (Phi) is 5.73. The largest absolute Gasteiger partial charge is 0.267 e. The van der Waals surface area contributed by atoms with E-state index in [1.807, 2.05) is 11.6 Å². The van der Waals surface area contributed by atoms with Crippen molar-refractivity contribution in [1.82, 2.24) is 4.72 Å². The normalized spacial score (nSPS) is 33.3. The number of fused-ring (bicyclic) bond motifs is 1. The van der Waals surface area contributed by atoms with Crippen molar-refractivity contribution in [3.63, 3.8) is 0 Å². The summed E-state index contributed by atoms with van der Waals surface area (Å²) in [5.41, 5.74) is 1.78. The van der Waals surface area contributed by atoms with Gasteiger partial charge in [0, 0.05) is 12.0 Å². The third-order valence-electron chi connectivity index (χ3n) is 5.51. The molecule has 1 N–H and O–H groups in total. The van der Waals surface area contributed by atoms with Gasteiger partial charge in [0.1, 0.15) is 0 Å². The number of rotatable bonds is 3. The van der Waals surface area contributed by atoms with Crippen LogP contribution in [0.2, 0.25) is 12.6 Å². The predicted molar refractivity (Wildman–Crippen MR) is 105 cm³/mol. The highest BCUT2D eigenvalue weighted by molar-refractivity contribution is 8.54. The van der Waals surface area contributed by atoms with Crippen molar-refractivity contribution in [2.24, 2.45) is 11.3 Å². The van der Waals surface area contributed by atoms with Gasteiger partial charge in [0.2, 0.25) is 0 Å². The summed E-state index contributed by atoms with van der Waals surface area (Å²) < 4.78 is 3.84. The molecular weight excluding hydrogens is 318 g/mol. The maximum Gasteiger partial charge on any atom is 0.267 e. The van der Waals surface area contributed by atoms with E-state index in [1.54, 1.807) is 0 Å². The highest BCUT2D eigenvalue weighted by Gasteiger charge is 2.45. The summed E-state index contributed by atoms with van der Waals surface area (Å²) in [4.78, 5) is 0. The number of allylic oxidation sites excluding steroid dienone is 4. The van der Waals surface area contributed by atoms with Crippen LogP contribution in [0, 0.1) is 22.6 Å². The Balaban J connectivity index is 1.89. The van der Waals surface area contributed by atoms with E-state index >= 15 is 0 Å². The van der Waals surface area contributed by atoms with Crippen molar-refractivity contribution in [2.45, 2.75) is 44.4 Å². The van der Waals surface area contributed by atoms with E-state index in [2.05, 4.69) is 54.4 Å². The topological polar surface area (TPSA) is 35.8 Å². The monoisotopic (exact) mass is 344 g/mol. The molecule has 2 bridgehead atoms. The van der Waals surface area contributed by atoms with E-state index < -0.39 is 0 Å². The van der Waals surface area contributed by atoms with Gasteiger partial charge in [0.05, 0.1) is 0 Å². The lowest BCUT2D eigenvalue weighted by Crippen LogP contribution is -2.46. The molecule has 5 heteroatoms. The fourth-order valence-corrected chi connectivity index (χ4v) is 6.05. The van der Waals surface area contributed by atoms with Gasteiger partial charge in [-0.3, -0.25) is 4.72 Å². The first-order valence-electron chi connectivity index (χ1n) is 8.69. The summed E-state index contributed by atoms with van der Waals surface area (Å²) in [6, 6.07) is 0.433. The van der Waals surface area contributed by atoms with Crippen molar-refractivity contribution in [3.8, 4) is 5.97 Å². The van der Waals surface area contributed by atoms with Gasteiger partial charge in [0.25, 0.3) is 6.71 Å². The Morgan fingerprint density at radius 3 is 3.00 bits per heavy atom. The number of hydrogen-bond acceptors (Lipinski definition) is 3. The van der Waals surface area contributed by atoms with Gasteiger partial charge < -0.3 is 0 Å². The Labute approximate surface area is 146 Å². The van der Waals surface area contributed by atoms with E-state index in [0.717, 1.165) is 12.6 Å². The number of nitrogens with one attached hydrogen (secondary N) is 1. The third-order valence-corrected chi connectivity index (χ3v) is 7.62. The summed E-state index contributed by atoms with van der Waals surface area (Å²) in [6.45, 7) is 4.88. The van der Waals surface area contributed by atoms with Crippen LogP contribution in [-0.2, 0) is 0 Å². The van der Waals surface area contributed by atoms with Crippen LogP contribution in [0.15, 0.2) is 36.0 Å². The van der Waals surface area contributed by atoms with Crippen LogP contribution in [0.3, 0.4) is 0 Å². The molecule has 1 heterocycles. The fraction of sp³-hybridized carbons (Fsp3) is 0.611. The molecule has 1 saturated heterocycles. The molecule has 0 amide bonds. The van der Waals surface area contributed by atoms with E-state index in [-0.39, 0.29) is 13.8 Å². The minimum Gasteiger partial charge on any atom is -0.252 e. The minimum absolute atomic E-state index is 0.0191. The van der Waals surface area contributed by atoms with E-state index in [1.165, 1.54) is 31.3 Å². The summed E-state index contributed by atoms with van der Waals surface area (Å²) in [5, 5.41) is 9.35. The zero-order valence-corrected chi connectivity index (χ0v) is 15.9. The number of nitriles is 1. The molecule has 3 aliphatic rings. The van der Waals surface area contributed by atoms with Gasteiger partial charge in [-0.2, -0.15) is 0 Å². The molecule has 3 atom stereocenters. The smallest absolute Gasteiger partial charge is 0.252 e. The third kappa shape index (κ3) is 3.96. The molecule has 122 valence electrons. The van der Waals surface area contributed by atoms with Crippen LogP contribution >= 0.6 is 18.7 Å². The Hall–Kier alpha value is -0.485. The summed E-state index contributed by atoms with van der Waals surface area (Å²) in [6.07, 6.45) is 18.5. The standard InChI is InChI=1S/C18H26BN2PS/c1-22(2)23-21-17-16-7-4-3-6-15(12-16)13-18(17)8-5-10-19(14-20)11-9-18/h3-4,6-7,12,15,17,21H,5,8-11,13H2,1-2H3. The molecule has 3 rings (SSSR count). The fourth-order valence-electron chi connectivity index (χ4n) is 4.40. The SMILES string of the molecule is CP(C)SNC1C2=CC(C=CC=C2)CC12CCCB(C#N)CC2. The first kappa shape index (κ1) is 17.3. The second kappa shape index (κ2) is 7.60. The Bertz CT molecular complexity index is 566. The average molecular weight is 344 g/mol. The Morgan fingerprint density at radius 1 is 1.35 bits per heavy atom. The molecule has 1 fully saturated rings. The van der Waals surface area contributed by atoms with Gasteiger partial charge in [-0.15, -0.1) is 0 Å². The van der Waals surface area contributed by atoms with Crippen LogP contribution in [0.25, 0.3) is 0 Å². The van der Waals surface area contributed by atoms with Gasteiger partial charge >= 0.3 is 0 Å². The first-order chi connectivity index (χ1) is 11.1. The van der Waals surface area contributed by atoms with Crippen LogP contribution < -0.4 is 4.72 Å². The molecule has 3 unspecified atom stereocenters. The molecule has 0 saturated carbocycles. The molecule has 2 aliphatic carbocycles. The quantitative estimate of drug-likeness (QED) is 0.442. The van der Waals surface area contributed by atoms with Gasteiger partial charge in [-0.1, -0.05) is 67.4 Å². The zero-order valence-electron chi connectivity index (χ0n) is 14.2. The van der Waals surface area contributed by atoms with Crippen LogP contribution in [0.1, 0.15) is 25.7 Å². The highest BCUT2D eigenvalue weighted by atomic mass is 32.7. The zero-order chi connectivity index (χ0) is 16.3. The van der Waals surface area contributed by atoms with E-state index in [4.69, 9.17) is 0 Å². The van der Waals surface area contributed by atoms with Crippen molar-refractivity contribution in [2.75, 3.05) is 13.3 Å². The van der Waals surface area contributed by atoms with Crippen LogP contribution in [-0.4, -0.2) is 26.1 Å². The van der Waals surface area contributed by atoms with Crippen LogP contribution in [0.4, 0.5) is 0 Å². The maximum atomic E-state index is 9.35. The van der Waals surface area contributed by atoms with Gasteiger partial charge in [-0.25, -0.2) is 5.26 Å². The highest BCUT2D eigenvalue weighted by Crippen LogP contribution is 2.52. The first-order valence-corrected chi connectivity index (χ1v) is 12.3. The van der Waals surface area contributed by atoms with Gasteiger partial charge in [0.15, 0.2) is 0 Å². The lowest BCUT2D eigenvalue weighted by molar-refractivity contribution is 0.166. The van der Waals surface area contributed by atoms with E-state index in [9.17, 15) is 5.26 Å².